The molecule has 0 aliphatic carbocycles. The van der Waals surface area contributed by atoms with Crippen molar-refractivity contribution in [1.82, 2.24) is 0 Å². The minimum absolute atomic E-state index is 0.0120. The number of phosphoric acid groups is 2. The molecular formula is C17H38O9P2. The van der Waals surface area contributed by atoms with Crippen LogP contribution in [0.1, 0.15) is 73.1 Å². The Kier molecular flexibility index (Phi) is 12.2. The van der Waals surface area contributed by atoms with Crippen LogP contribution in [0, 0.1) is 10.8 Å². The van der Waals surface area contributed by atoms with Crippen molar-refractivity contribution < 1.29 is 42.5 Å². The normalized spacial score (nSPS) is 15.0. The van der Waals surface area contributed by atoms with Gasteiger partial charge in [0.2, 0.25) is 0 Å². The predicted molar refractivity (Wildman–Crippen MR) is 107 cm³/mol. The largest absolute Gasteiger partial charge is 0.469 e. The van der Waals surface area contributed by atoms with Crippen LogP contribution in [-0.2, 0) is 22.9 Å². The Hall–Kier alpha value is 0.180. The van der Waals surface area contributed by atoms with Crippen molar-refractivity contribution in [1.29, 1.82) is 0 Å². The Bertz CT molecular complexity index is 525. The van der Waals surface area contributed by atoms with Gasteiger partial charge in [-0.25, -0.2) is 9.13 Å². The van der Waals surface area contributed by atoms with Crippen LogP contribution in [0.2, 0.25) is 0 Å². The molecule has 0 aromatic carbocycles. The maximum atomic E-state index is 10.9. The van der Waals surface area contributed by atoms with Crippen LogP contribution in [0.15, 0.2) is 0 Å². The van der Waals surface area contributed by atoms with E-state index < -0.39 is 21.7 Å². The molecule has 0 aliphatic rings. The van der Waals surface area contributed by atoms with E-state index in [-0.39, 0.29) is 17.4 Å². The maximum absolute atomic E-state index is 10.9. The summed E-state index contributed by atoms with van der Waals surface area (Å²) in [5.74, 6) is 0. The molecule has 0 rings (SSSR count). The van der Waals surface area contributed by atoms with Crippen LogP contribution in [0.25, 0.3) is 0 Å². The van der Waals surface area contributed by atoms with Gasteiger partial charge in [0.05, 0.1) is 12.7 Å². The van der Waals surface area contributed by atoms with Crippen LogP contribution in [0.5, 0.6) is 0 Å². The lowest BCUT2D eigenvalue weighted by atomic mass is 9.82. The molecule has 11 heteroatoms. The van der Waals surface area contributed by atoms with Gasteiger partial charge in [0.25, 0.3) is 0 Å². The lowest BCUT2D eigenvalue weighted by Gasteiger charge is -2.31. The van der Waals surface area contributed by atoms with Gasteiger partial charge in [0, 0.05) is 13.2 Å². The summed E-state index contributed by atoms with van der Waals surface area (Å²) in [5.41, 5.74) is -0.652. The monoisotopic (exact) mass is 448 g/mol. The van der Waals surface area contributed by atoms with Crippen molar-refractivity contribution in [3.63, 3.8) is 0 Å². The second-order valence-electron chi connectivity index (χ2n) is 8.68. The number of hydrogen-bond acceptors (Lipinski definition) is 5. The topological polar surface area (TPSA) is 143 Å². The van der Waals surface area contributed by atoms with E-state index in [1.165, 1.54) is 0 Å². The third kappa shape index (κ3) is 16.0. The smallest absolute Gasteiger partial charge is 0.381 e. The molecule has 9 nitrogen and oxygen atoms in total. The molecule has 0 fully saturated rings. The highest BCUT2D eigenvalue weighted by molar-refractivity contribution is 7.46. The van der Waals surface area contributed by atoms with Gasteiger partial charge >= 0.3 is 15.6 Å². The van der Waals surface area contributed by atoms with Gasteiger partial charge in [-0.05, 0) is 43.4 Å². The lowest BCUT2D eigenvalue weighted by molar-refractivity contribution is 0.0465. The summed E-state index contributed by atoms with van der Waals surface area (Å²) in [4.78, 5) is 35.3. The maximum Gasteiger partial charge on any atom is 0.469 e. The van der Waals surface area contributed by atoms with E-state index in [1.54, 1.807) is 6.92 Å². The zero-order valence-corrected chi connectivity index (χ0v) is 19.5. The van der Waals surface area contributed by atoms with Crippen LogP contribution in [0.4, 0.5) is 0 Å². The molecule has 0 aromatic rings. The molecule has 0 saturated heterocycles. The molecule has 28 heavy (non-hydrogen) atoms. The van der Waals surface area contributed by atoms with Crippen molar-refractivity contribution in [2.75, 3.05) is 19.8 Å². The summed E-state index contributed by atoms with van der Waals surface area (Å²) in [6.45, 7) is 10.6. The van der Waals surface area contributed by atoms with Gasteiger partial charge < -0.3 is 24.3 Å². The standard InChI is InChI=1S/C17H38O9P2/c1-15(26-28(21,22)23)17(4,5)11-7-9-13-24-12-8-6-10-16(2,3)14-25-27(18,19)20/h15H,6-14H2,1-5H3,(H2,18,19,20)(H2,21,22,23). The number of ether oxygens (including phenoxy) is 1. The zero-order valence-electron chi connectivity index (χ0n) is 17.7. The first-order valence-electron chi connectivity index (χ1n) is 9.56. The molecule has 0 radical (unpaired) electrons. The molecule has 4 N–H and O–H groups in total. The third-order valence-corrected chi connectivity index (χ3v) is 5.83. The van der Waals surface area contributed by atoms with Crippen LogP contribution in [0.3, 0.4) is 0 Å². The highest BCUT2D eigenvalue weighted by Crippen LogP contribution is 2.43. The van der Waals surface area contributed by atoms with Gasteiger partial charge in [-0.3, -0.25) is 9.05 Å². The minimum Gasteiger partial charge on any atom is -0.381 e. The summed E-state index contributed by atoms with van der Waals surface area (Å²) >= 11 is 0. The summed E-state index contributed by atoms with van der Waals surface area (Å²) in [6.07, 6.45) is 4.46. The third-order valence-electron chi connectivity index (χ3n) is 4.77. The molecular weight excluding hydrogens is 410 g/mol. The first-order chi connectivity index (χ1) is 12.5. The number of hydrogen-bond donors (Lipinski definition) is 4. The van der Waals surface area contributed by atoms with Gasteiger partial charge in [-0.15, -0.1) is 0 Å². The number of rotatable bonds is 16. The van der Waals surface area contributed by atoms with Crippen LogP contribution >= 0.6 is 15.6 Å². The molecule has 0 heterocycles. The van der Waals surface area contributed by atoms with Crippen molar-refractivity contribution in [3.8, 4) is 0 Å². The highest BCUT2D eigenvalue weighted by atomic mass is 31.2. The van der Waals surface area contributed by atoms with Crippen LogP contribution < -0.4 is 0 Å². The Labute approximate surface area is 168 Å². The number of phosphoric ester groups is 2. The Balaban J connectivity index is 3.79. The molecule has 1 atom stereocenters. The summed E-state index contributed by atoms with van der Waals surface area (Å²) in [6, 6.07) is 0. The molecule has 0 spiro atoms. The predicted octanol–water partition coefficient (Wildman–Crippen LogP) is 4.00. The van der Waals surface area contributed by atoms with Crippen molar-refractivity contribution >= 4 is 15.6 Å². The Morgan fingerprint density at radius 3 is 1.79 bits per heavy atom. The van der Waals surface area contributed by atoms with E-state index in [1.807, 2.05) is 27.7 Å². The first-order valence-corrected chi connectivity index (χ1v) is 12.6. The van der Waals surface area contributed by atoms with Crippen molar-refractivity contribution in [3.05, 3.63) is 0 Å². The van der Waals surface area contributed by atoms with E-state index in [0.29, 0.717) is 13.2 Å². The summed E-state index contributed by atoms with van der Waals surface area (Å²) < 4.78 is 36.6. The SMILES string of the molecule is CC(OP(=O)(O)O)C(C)(C)CCCCOCCCCC(C)(C)COP(=O)(O)O. The quantitative estimate of drug-likeness (QED) is 0.203. The number of unbranched alkanes of at least 4 members (excludes halogenated alkanes) is 2. The fourth-order valence-electron chi connectivity index (χ4n) is 2.58. The summed E-state index contributed by atoms with van der Waals surface area (Å²) in [7, 11) is -8.90. The van der Waals surface area contributed by atoms with E-state index >= 15 is 0 Å². The first kappa shape index (κ1) is 28.2. The molecule has 0 aromatic heterocycles. The van der Waals surface area contributed by atoms with Gasteiger partial charge in [0.1, 0.15) is 0 Å². The highest BCUT2D eigenvalue weighted by Gasteiger charge is 2.31. The zero-order chi connectivity index (χ0) is 22.1. The van der Waals surface area contributed by atoms with Gasteiger partial charge in [-0.2, -0.15) is 0 Å². The van der Waals surface area contributed by atoms with Gasteiger partial charge in [0.15, 0.2) is 0 Å². The van der Waals surface area contributed by atoms with Gasteiger partial charge in [-0.1, -0.05) is 40.5 Å². The second kappa shape index (κ2) is 12.1. The Morgan fingerprint density at radius 1 is 0.821 bits per heavy atom. The van der Waals surface area contributed by atoms with Crippen LogP contribution in [-0.4, -0.2) is 45.5 Å². The fourth-order valence-corrected chi connectivity index (χ4v) is 3.79. The summed E-state index contributed by atoms with van der Waals surface area (Å²) in [5, 5.41) is 0. The molecule has 0 bridgehead atoms. The molecule has 1 unspecified atom stereocenters. The van der Waals surface area contributed by atoms with E-state index in [2.05, 4.69) is 4.52 Å². The Morgan fingerprint density at radius 2 is 1.32 bits per heavy atom. The fraction of sp³-hybridized carbons (Fsp3) is 1.00. The van der Waals surface area contributed by atoms with E-state index in [9.17, 15) is 9.13 Å². The van der Waals surface area contributed by atoms with Crippen molar-refractivity contribution in [2.45, 2.75) is 79.2 Å². The molecule has 0 saturated carbocycles. The molecule has 0 aliphatic heterocycles. The average molecular weight is 448 g/mol. The van der Waals surface area contributed by atoms with E-state index in [4.69, 9.17) is 28.8 Å². The van der Waals surface area contributed by atoms with E-state index in [0.717, 1.165) is 38.5 Å². The second-order valence-corrected chi connectivity index (χ2v) is 11.1. The molecule has 0 amide bonds. The minimum atomic E-state index is -4.48. The van der Waals surface area contributed by atoms with Crippen molar-refractivity contribution in [2.24, 2.45) is 10.8 Å². The lowest BCUT2D eigenvalue weighted by Crippen LogP contribution is -2.28. The average Bonchev–Trinajstić information content (AvgIpc) is 2.49. The molecule has 170 valence electrons.